The molecule has 0 unspecified atom stereocenters. The third-order valence-corrected chi connectivity index (χ3v) is 8.31. The van der Waals surface area contributed by atoms with E-state index >= 15 is 0 Å². The highest BCUT2D eigenvalue weighted by Crippen LogP contribution is 2.37. The molecule has 0 radical (unpaired) electrons. The predicted octanol–water partition coefficient (Wildman–Crippen LogP) is 2.11. The Balaban J connectivity index is 1.57. The summed E-state index contributed by atoms with van der Waals surface area (Å²) < 4.78 is 38.3. The smallest absolute Gasteiger partial charge is 0.238 e. The van der Waals surface area contributed by atoms with E-state index in [4.69, 9.17) is 19.4 Å². The van der Waals surface area contributed by atoms with E-state index in [0.29, 0.717) is 37.8 Å². The molecule has 0 saturated carbocycles. The van der Waals surface area contributed by atoms with Crippen molar-refractivity contribution in [3.63, 3.8) is 0 Å². The van der Waals surface area contributed by atoms with Crippen LogP contribution in [0.25, 0.3) is 21.5 Å². The molecule has 2 fully saturated rings. The van der Waals surface area contributed by atoms with Gasteiger partial charge in [0.05, 0.1) is 42.5 Å². The summed E-state index contributed by atoms with van der Waals surface area (Å²) in [6, 6.07) is 1.72. The number of nitrogens with zero attached hydrogens (tertiary/aromatic N) is 6. The summed E-state index contributed by atoms with van der Waals surface area (Å²) in [4.78, 5) is 21.5. The first-order chi connectivity index (χ1) is 17.8. The molecule has 37 heavy (non-hydrogen) atoms. The van der Waals surface area contributed by atoms with E-state index in [0.717, 1.165) is 61.4 Å². The predicted molar refractivity (Wildman–Crippen MR) is 146 cm³/mol. The molecule has 3 aromatic rings. The summed E-state index contributed by atoms with van der Waals surface area (Å²) in [7, 11) is -2.07. The monoisotopic (exact) mass is 547 g/mol. The van der Waals surface area contributed by atoms with Crippen molar-refractivity contribution in [3.05, 3.63) is 23.2 Å². The van der Waals surface area contributed by atoms with Crippen LogP contribution in [0.2, 0.25) is 0 Å². The zero-order valence-corrected chi connectivity index (χ0v) is 23.1. The van der Waals surface area contributed by atoms with Crippen molar-refractivity contribution in [3.8, 4) is 17.1 Å². The van der Waals surface area contributed by atoms with Gasteiger partial charge in [0, 0.05) is 63.1 Å². The lowest BCUT2D eigenvalue weighted by Gasteiger charge is -2.33. The molecular weight excluding hydrogens is 514 g/mol. The Morgan fingerprint density at radius 1 is 1.11 bits per heavy atom. The standard InChI is InChI=1S/C24H33N7O4S2/c1-4-29-5-7-30(8-6-29)15-18-16-36-22-20(26-24(27-21(18)22)31-9-11-35-12-10-31)17-13-19(28-37(3,32)33)23(34-2)25-14-17/h13-14,16,28H,4-12,15H2,1-3H3. The van der Waals surface area contributed by atoms with Gasteiger partial charge in [0.25, 0.3) is 0 Å². The van der Waals surface area contributed by atoms with Crippen LogP contribution in [0.3, 0.4) is 0 Å². The van der Waals surface area contributed by atoms with Gasteiger partial charge in [-0.3, -0.25) is 9.62 Å². The SMILES string of the molecule is CCN1CCN(Cc2csc3c(-c4cnc(OC)c(NS(C)(=O)=O)c4)nc(N4CCOCC4)nc23)CC1. The first kappa shape index (κ1) is 26.0. The fraction of sp³-hybridized carbons (Fsp3) is 0.542. The highest BCUT2D eigenvalue weighted by molar-refractivity contribution is 7.92. The molecule has 200 valence electrons. The molecule has 0 bridgehead atoms. The second-order valence-electron chi connectivity index (χ2n) is 9.28. The fourth-order valence-corrected chi connectivity index (χ4v) is 6.24. The van der Waals surface area contributed by atoms with Crippen molar-refractivity contribution >= 4 is 43.2 Å². The first-order valence-electron chi connectivity index (χ1n) is 12.4. The molecule has 0 aliphatic carbocycles. The number of anilines is 2. The maximum atomic E-state index is 12.0. The largest absolute Gasteiger partial charge is 0.480 e. The van der Waals surface area contributed by atoms with Gasteiger partial charge < -0.3 is 19.3 Å². The van der Waals surface area contributed by atoms with Gasteiger partial charge in [-0.05, 0) is 18.0 Å². The number of pyridine rings is 1. The van der Waals surface area contributed by atoms with Crippen LogP contribution < -0.4 is 14.4 Å². The van der Waals surface area contributed by atoms with E-state index in [1.165, 1.54) is 12.7 Å². The summed E-state index contributed by atoms with van der Waals surface area (Å²) in [5, 5.41) is 2.17. The fourth-order valence-electron chi connectivity index (χ4n) is 4.69. The first-order valence-corrected chi connectivity index (χ1v) is 15.2. The normalized spacial score (nSPS) is 17.9. The van der Waals surface area contributed by atoms with Gasteiger partial charge in [-0.15, -0.1) is 11.3 Å². The van der Waals surface area contributed by atoms with Crippen LogP contribution in [0.1, 0.15) is 12.5 Å². The van der Waals surface area contributed by atoms with Crippen LogP contribution >= 0.6 is 11.3 Å². The Labute approximate surface area is 221 Å². The lowest BCUT2D eigenvalue weighted by Crippen LogP contribution is -2.45. The topological polar surface area (TPSA) is 113 Å². The molecule has 5 heterocycles. The Morgan fingerprint density at radius 3 is 2.51 bits per heavy atom. The number of nitrogens with one attached hydrogen (secondary N) is 1. The van der Waals surface area contributed by atoms with Crippen LogP contribution in [0.15, 0.2) is 17.6 Å². The van der Waals surface area contributed by atoms with Gasteiger partial charge in [-0.2, -0.15) is 0 Å². The highest BCUT2D eigenvalue weighted by Gasteiger charge is 2.23. The third kappa shape index (κ3) is 5.96. The van der Waals surface area contributed by atoms with Crippen LogP contribution in [-0.2, 0) is 21.3 Å². The van der Waals surface area contributed by atoms with Crippen molar-refractivity contribution in [2.24, 2.45) is 0 Å². The van der Waals surface area contributed by atoms with Crippen LogP contribution in [0, 0.1) is 0 Å². The number of aromatic nitrogens is 3. The zero-order chi connectivity index (χ0) is 26.0. The number of hydrogen-bond acceptors (Lipinski definition) is 11. The Hall–Kier alpha value is -2.58. The molecule has 1 N–H and O–H groups in total. The van der Waals surface area contributed by atoms with E-state index < -0.39 is 10.0 Å². The summed E-state index contributed by atoms with van der Waals surface area (Å²) in [6.45, 7) is 11.0. The van der Waals surface area contributed by atoms with Gasteiger partial charge in [0.15, 0.2) is 0 Å². The molecule has 2 saturated heterocycles. The minimum Gasteiger partial charge on any atom is -0.480 e. The van der Waals surface area contributed by atoms with Crippen molar-refractivity contribution in [1.82, 2.24) is 24.8 Å². The lowest BCUT2D eigenvalue weighted by molar-refractivity contribution is 0.122. The molecule has 3 aromatic heterocycles. The molecule has 0 amide bonds. The molecular formula is C24H33N7O4S2. The quantitative estimate of drug-likeness (QED) is 0.450. The number of thiophene rings is 1. The summed E-state index contributed by atoms with van der Waals surface area (Å²) in [6.07, 6.45) is 2.77. The average molecular weight is 548 g/mol. The van der Waals surface area contributed by atoms with Crippen molar-refractivity contribution < 1.29 is 17.9 Å². The Kier molecular flexibility index (Phi) is 7.77. The molecule has 13 heteroatoms. The van der Waals surface area contributed by atoms with E-state index in [-0.39, 0.29) is 11.6 Å². The van der Waals surface area contributed by atoms with Crippen LogP contribution in [0.5, 0.6) is 5.88 Å². The number of rotatable bonds is 8. The van der Waals surface area contributed by atoms with Gasteiger partial charge in [-0.25, -0.2) is 23.4 Å². The number of sulfonamides is 1. The van der Waals surface area contributed by atoms with Gasteiger partial charge in [0.1, 0.15) is 5.69 Å². The number of likely N-dealkylation sites (N-methyl/N-ethyl adjacent to an activating group) is 1. The third-order valence-electron chi connectivity index (χ3n) is 6.69. The van der Waals surface area contributed by atoms with E-state index in [9.17, 15) is 8.42 Å². The van der Waals surface area contributed by atoms with E-state index in [1.54, 1.807) is 23.6 Å². The number of fused-ring (bicyclic) bond motifs is 1. The maximum absolute atomic E-state index is 12.0. The summed E-state index contributed by atoms with van der Waals surface area (Å²) in [5.74, 6) is 0.848. The lowest BCUT2D eigenvalue weighted by atomic mass is 10.1. The maximum Gasteiger partial charge on any atom is 0.238 e. The molecule has 11 nitrogen and oxygen atoms in total. The molecule has 0 spiro atoms. The molecule has 5 rings (SSSR count). The zero-order valence-electron chi connectivity index (χ0n) is 21.4. The van der Waals surface area contributed by atoms with Crippen molar-refractivity contribution in [2.45, 2.75) is 13.5 Å². The summed E-state index contributed by atoms with van der Waals surface area (Å²) >= 11 is 1.61. The Bertz CT molecular complexity index is 1350. The highest BCUT2D eigenvalue weighted by atomic mass is 32.2. The van der Waals surface area contributed by atoms with Crippen molar-refractivity contribution in [1.29, 1.82) is 0 Å². The number of ether oxygens (including phenoxy) is 2. The van der Waals surface area contributed by atoms with Gasteiger partial charge in [-0.1, -0.05) is 6.92 Å². The molecule has 0 atom stereocenters. The van der Waals surface area contributed by atoms with Crippen molar-refractivity contribution in [2.75, 3.05) is 82.0 Å². The number of morpholine rings is 1. The average Bonchev–Trinajstić information content (AvgIpc) is 3.30. The minimum absolute atomic E-state index is 0.200. The Morgan fingerprint density at radius 2 is 1.84 bits per heavy atom. The second-order valence-corrected chi connectivity index (χ2v) is 11.9. The van der Waals surface area contributed by atoms with Crippen LogP contribution in [0.4, 0.5) is 11.6 Å². The molecule has 0 aromatic carbocycles. The second kappa shape index (κ2) is 11.0. The molecule has 2 aliphatic heterocycles. The number of hydrogen-bond donors (Lipinski definition) is 1. The van der Waals surface area contributed by atoms with E-state index in [1.807, 2.05) is 0 Å². The minimum atomic E-state index is -3.53. The summed E-state index contributed by atoms with van der Waals surface area (Å²) in [5.41, 5.74) is 3.80. The van der Waals surface area contributed by atoms with Crippen LogP contribution in [-0.4, -0.2) is 106 Å². The number of piperazine rings is 1. The van der Waals surface area contributed by atoms with Gasteiger partial charge >= 0.3 is 0 Å². The van der Waals surface area contributed by atoms with E-state index in [2.05, 4.69) is 36.7 Å². The molecule has 2 aliphatic rings. The van der Waals surface area contributed by atoms with Gasteiger partial charge in [0.2, 0.25) is 21.9 Å². The number of methoxy groups -OCH3 is 1.